The summed E-state index contributed by atoms with van der Waals surface area (Å²) in [5, 5.41) is 8.71. The lowest BCUT2D eigenvalue weighted by Crippen LogP contribution is -2.04. The van der Waals surface area contributed by atoms with E-state index in [4.69, 9.17) is 14.3 Å². The molecule has 2 aromatic heterocycles. The number of aromatic nitrogens is 1. The van der Waals surface area contributed by atoms with Crippen LogP contribution in [0.15, 0.2) is 34.9 Å². The molecule has 0 saturated carbocycles. The molecule has 2 rings (SSSR count). The molecule has 0 fully saturated rings. The van der Waals surface area contributed by atoms with E-state index in [9.17, 15) is 9.59 Å². The number of carbonyl (C=O) groups is 2. The third-order valence-corrected chi connectivity index (χ3v) is 2.25. The summed E-state index contributed by atoms with van der Waals surface area (Å²) in [5.41, 5.74) is 0.214. The monoisotopic (exact) mass is 247 g/mol. The van der Waals surface area contributed by atoms with Gasteiger partial charge in [0.1, 0.15) is 0 Å². The summed E-state index contributed by atoms with van der Waals surface area (Å²) < 4.78 is 9.88. The molecule has 6 nitrogen and oxygen atoms in total. The number of carboxylic acid groups (broad SMARTS) is 1. The van der Waals surface area contributed by atoms with Crippen molar-refractivity contribution in [1.29, 1.82) is 0 Å². The molecule has 92 valence electrons. The Balaban J connectivity index is 2.38. The van der Waals surface area contributed by atoms with E-state index in [1.54, 1.807) is 6.07 Å². The van der Waals surface area contributed by atoms with Gasteiger partial charge in [-0.25, -0.2) is 9.78 Å². The summed E-state index contributed by atoms with van der Waals surface area (Å²) in [6.45, 7) is 0. The summed E-state index contributed by atoms with van der Waals surface area (Å²) in [6, 6.07) is 5.63. The summed E-state index contributed by atoms with van der Waals surface area (Å²) in [7, 11) is 1.39. The third kappa shape index (κ3) is 2.08. The highest BCUT2D eigenvalue weighted by Crippen LogP contribution is 2.19. The zero-order chi connectivity index (χ0) is 13.1. The zero-order valence-electron chi connectivity index (χ0n) is 9.41. The van der Waals surface area contributed by atoms with Crippen molar-refractivity contribution in [2.45, 2.75) is 0 Å². The Bertz CT molecular complexity index is 602. The van der Waals surface area contributed by atoms with Gasteiger partial charge in [0.2, 0.25) is 17.4 Å². The van der Waals surface area contributed by atoms with Crippen LogP contribution in [0.2, 0.25) is 0 Å². The number of hydrogen-bond donors (Lipinski definition) is 1. The zero-order valence-corrected chi connectivity index (χ0v) is 9.41. The highest BCUT2D eigenvalue weighted by atomic mass is 16.5. The minimum absolute atomic E-state index is 0.0706. The number of hydrogen-bond acceptors (Lipinski definition) is 5. The minimum atomic E-state index is -1.23. The van der Waals surface area contributed by atoms with Crippen LogP contribution in [0, 0.1) is 0 Å². The van der Waals surface area contributed by atoms with Crippen LogP contribution in [-0.4, -0.2) is 29.0 Å². The molecule has 0 aromatic carbocycles. The number of ketones is 1. The summed E-state index contributed by atoms with van der Waals surface area (Å²) in [4.78, 5) is 26.6. The maximum absolute atomic E-state index is 12.1. The van der Waals surface area contributed by atoms with E-state index in [1.807, 2.05) is 0 Å². The van der Waals surface area contributed by atoms with Crippen molar-refractivity contribution in [1.82, 2.24) is 4.98 Å². The van der Waals surface area contributed by atoms with Crippen LogP contribution in [0.25, 0.3) is 0 Å². The second-order valence-corrected chi connectivity index (χ2v) is 3.36. The molecule has 0 bridgehead atoms. The predicted molar refractivity (Wildman–Crippen MR) is 59.9 cm³/mol. The molecular formula is C12H9NO5. The summed E-state index contributed by atoms with van der Waals surface area (Å²) in [6.07, 6.45) is 1.49. The number of carbonyl (C=O) groups excluding carboxylic acids is 1. The van der Waals surface area contributed by atoms with E-state index in [1.165, 1.54) is 31.5 Å². The quantitative estimate of drug-likeness (QED) is 0.825. The first-order valence-electron chi connectivity index (χ1n) is 5.00. The van der Waals surface area contributed by atoms with Gasteiger partial charge in [-0.05, 0) is 24.3 Å². The SMILES string of the molecule is COc1ncccc1C(=O)c1ccc(C(=O)O)o1. The lowest BCUT2D eigenvalue weighted by atomic mass is 10.1. The van der Waals surface area contributed by atoms with Crippen molar-refractivity contribution in [3.8, 4) is 5.88 Å². The molecule has 0 spiro atoms. The number of furan rings is 1. The van der Waals surface area contributed by atoms with Gasteiger partial charge in [-0.2, -0.15) is 0 Å². The summed E-state index contributed by atoms with van der Waals surface area (Å²) >= 11 is 0. The maximum Gasteiger partial charge on any atom is 0.371 e. The first kappa shape index (κ1) is 11.8. The molecule has 6 heteroatoms. The third-order valence-electron chi connectivity index (χ3n) is 2.25. The first-order valence-corrected chi connectivity index (χ1v) is 5.00. The Kier molecular flexibility index (Phi) is 3.09. The lowest BCUT2D eigenvalue weighted by Gasteiger charge is -2.03. The molecule has 0 saturated heterocycles. The Morgan fingerprint density at radius 1 is 1.28 bits per heavy atom. The molecule has 0 aliphatic heterocycles. The molecule has 0 aliphatic carbocycles. The van der Waals surface area contributed by atoms with Crippen molar-refractivity contribution < 1.29 is 23.8 Å². The van der Waals surface area contributed by atoms with E-state index in [0.717, 1.165) is 0 Å². The first-order chi connectivity index (χ1) is 8.63. The largest absolute Gasteiger partial charge is 0.480 e. The fourth-order valence-electron chi connectivity index (χ4n) is 1.43. The van der Waals surface area contributed by atoms with Gasteiger partial charge in [0, 0.05) is 6.20 Å². The Morgan fingerprint density at radius 3 is 2.61 bits per heavy atom. The standard InChI is InChI=1S/C12H9NO5/c1-17-11-7(3-2-6-13-11)10(14)8-4-5-9(18-8)12(15)16/h2-6H,1H3,(H,15,16). The molecule has 2 heterocycles. The number of nitrogens with zero attached hydrogens (tertiary/aromatic N) is 1. The number of rotatable bonds is 4. The van der Waals surface area contributed by atoms with Gasteiger partial charge < -0.3 is 14.3 Å². The maximum atomic E-state index is 12.1. The van der Waals surface area contributed by atoms with Crippen molar-refractivity contribution in [3.63, 3.8) is 0 Å². The van der Waals surface area contributed by atoms with Gasteiger partial charge in [-0.1, -0.05) is 0 Å². The summed E-state index contributed by atoms with van der Waals surface area (Å²) in [5.74, 6) is -1.91. The van der Waals surface area contributed by atoms with Gasteiger partial charge in [-0.15, -0.1) is 0 Å². The highest BCUT2D eigenvalue weighted by molar-refractivity contribution is 6.09. The van der Waals surface area contributed by atoms with Gasteiger partial charge in [-0.3, -0.25) is 4.79 Å². The number of pyridine rings is 1. The van der Waals surface area contributed by atoms with Gasteiger partial charge in [0.25, 0.3) is 0 Å². The van der Waals surface area contributed by atoms with Gasteiger partial charge >= 0.3 is 5.97 Å². The number of aromatic carboxylic acids is 1. The van der Waals surface area contributed by atoms with Crippen molar-refractivity contribution in [2.24, 2.45) is 0 Å². The van der Waals surface area contributed by atoms with E-state index in [0.29, 0.717) is 0 Å². The molecular weight excluding hydrogens is 238 g/mol. The van der Waals surface area contributed by atoms with Crippen LogP contribution in [0.3, 0.4) is 0 Å². The molecule has 2 aromatic rings. The van der Waals surface area contributed by atoms with Crippen LogP contribution in [-0.2, 0) is 0 Å². The molecule has 0 atom stereocenters. The van der Waals surface area contributed by atoms with Gasteiger partial charge in [0.15, 0.2) is 5.76 Å². The van der Waals surface area contributed by atoms with E-state index in [-0.39, 0.29) is 23.0 Å². The number of methoxy groups -OCH3 is 1. The van der Waals surface area contributed by atoms with E-state index in [2.05, 4.69) is 4.98 Å². The molecule has 0 amide bonds. The number of ether oxygens (including phenoxy) is 1. The average molecular weight is 247 g/mol. The Labute approximate surface area is 102 Å². The average Bonchev–Trinajstić information content (AvgIpc) is 2.87. The fraction of sp³-hybridized carbons (Fsp3) is 0.0833. The molecule has 0 radical (unpaired) electrons. The smallest absolute Gasteiger partial charge is 0.371 e. The van der Waals surface area contributed by atoms with E-state index >= 15 is 0 Å². The predicted octanol–water partition coefficient (Wildman–Crippen LogP) is 1.61. The topological polar surface area (TPSA) is 89.6 Å². The van der Waals surface area contributed by atoms with Crippen molar-refractivity contribution >= 4 is 11.8 Å². The lowest BCUT2D eigenvalue weighted by molar-refractivity contribution is 0.0660. The minimum Gasteiger partial charge on any atom is -0.480 e. The van der Waals surface area contributed by atoms with Crippen LogP contribution < -0.4 is 4.74 Å². The molecule has 1 N–H and O–H groups in total. The molecule has 0 aliphatic rings. The second kappa shape index (κ2) is 4.70. The number of carboxylic acids is 1. The normalized spacial score (nSPS) is 10.1. The molecule has 18 heavy (non-hydrogen) atoms. The van der Waals surface area contributed by atoms with Gasteiger partial charge in [0.05, 0.1) is 12.7 Å². The van der Waals surface area contributed by atoms with Crippen LogP contribution in [0.1, 0.15) is 26.7 Å². The fourth-order valence-corrected chi connectivity index (χ4v) is 1.43. The Morgan fingerprint density at radius 2 is 2.00 bits per heavy atom. The molecule has 0 unspecified atom stereocenters. The van der Waals surface area contributed by atoms with Crippen LogP contribution in [0.5, 0.6) is 5.88 Å². The Hall–Kier alpha value is -2.63. The second-order valence-electron chi connectivity index (χ2n) is 3.36. The van der Waals surface area contributed by atoms with Crippen LogP contribution >= 0.6 is 0 Å². The van der Waals surface area contributed by atoms with Crippen LogP contribution in [0.4, 0.5) is 0 Å². The highest BCUT2D eigenvalue weighted by Gasteiger charge is 2.20. The van der Waals surface area contributed by atoms with E-state index < -0.39 is 11.8 Å². The van der Waals surface area contributed by atoms with Crippen molar-refractivity contribution in [3.05, 3.63) is 47.5 Å². The van der Waals surface area contributed by atoms with Crippen molar-refractivity contribution in [2.75, 3.05) is 7.11 Å².